The van der Waals surface area contributed by atoms with Gasteiger partial charge in [-0.25, -0.2) is 0 Å². The van der Waals surface area contributed by atoms with E-state index < -0.39 is 21.3 Å². The van der Waals surface area contributed by atoms with E-state index in [9.17, 15) is 0 Å². The molecule has 0 fully saturated rings. The average Bonchev–Trinajstić information content (AvgIpc) is 3.57. The Morgan fingerprint density at radius 3 is 1.41 bits per heavy atom. The summed E-state index contributed by atoms with van der Waals surface area (Å²) in [6.45, 7) is 18.8. The Bertz CT molecular complexity index is 1750. The van der Waals surface area contributed by atoms with Crippen LogP contribution >= 0.6 is 31.9 Å². The third-order valence-electron chi connectivity index (χ3n) is 9.26. The summed E-state index contributed by atoms with van der Waals surface area (Å²) >= 11 is 4.69. The Labute approximate surface area is 313 Å². The predicted molar refractivity (Wildman–Crippen MR) is 194 cm³/mol. The maximum Gasteiger partial charge on any atom is -1.00 e. The number of halogens is 4. The van der Waals surface area contributed by atoms with Gasteiger partial charge in [0.15, 0.2) is 0 Å². The fourth-order valence-electron chi connectivity index (χ4n) is 7.35. The van der Waals surface area contributed by atoms with Gasteiger partial charge in [-0.2, -0.15) is 0 Å². The summed E-state index contributed by atoms with van der Waals surface area (Å²) in [5.74, 6) is 0. The first kappa shape index (κ1) is 37.5. The minimum absolute atomic E-state index is 0. The van der Waals surface area contributed by atoms with Crippen molar-refractivity contribution in [3.05, 3.63) is 148 Å². The van der Waals surface area contributed by atoms with E-state index in [1.807, 2.05) is 0 Å². The zero-order valence-corrected chi connectivity index (χ0v) is 35.1. The van der Waals surface area contributed by atoms with Gasteiger partial charge >= 0.3 is 291 Å². The molecule has 0 heterocycles. The summed E-state index contributed by atoms with van der Waals surface area (Å²) in [4.78, 5) is 0. The minimum Gasteiger partial charge on any atom is -1.00 e. The van der Waals surface area contributed by atoms with E-state index >= 15 is 0 Å². The molecule has 0 N–H and O–H groups in total. The molecule has 0 nitrogen and oxygen atoms in total. The molecule has 0 aliphatic heterocycles. The summed E-state index contributed by atoms with van der Waals surface area (Å²) in [7, 11) is 0. The maximum absolute atomic E-state index is 3.71. The van der Waals surface area contributed by atoms with E-state index in [0.29, 0.717) is 3.63 Å². The average molecular weight is 857 g/mol. The van der Waals surface area contributed by atoms with Gasteiger partial charge in [-0.15, -0.1) is 0 Å². The van der Waals surface area contributed by atoms with Crippen LogP contribution in [0.4, 0.5) is 0 Å². The number of allylic oxidation sites excluding steroid dienone is 4. The van der Waals surface area contributed by atoms with Crippen molar-refractivity contribution in [1.82, 2.24) is 0 Å². The molecule has 46 heavy (non-hydrogen) atoms. The van der Waals surface area contributed by atoms with Crippen molar-refractivity contribution in [3.8, 4) is 11.1 Å². The Hall–Kier alpha value is -1.35. The Kier molecular flexibility index (Phi) is 11.6. The van der Waals surface area contributed by atoms with Crippen LogP contribution in [0.3, 0.4) is 0 Å². The van der Waals surface area contributed by atoms with Crippen LogP contribution in [0.2, 0.25) is 0 Å². The maximum atomic E-state index is 3.71. The smallest absolute Gasteiger partial charge is 1.00 e. The molecule has 0 saturated heterocycles. The molecule has 4 aromatic carbocycles. The standard InChI is InChI=1S/C23H29.C13H8Br2.C5H5.2ClH.Zr/c1-14-9-16-11-17-10-15(2)21(23(6,7)8)13-19(17)18(16)12-20(14)22(3,4)5;14-12-5-1-10(2-6-12)9-11-3-7-13(15)8-4-11;1-2-4-5-3-1;;;/h9-13H,1-8H3;1-8H;1-3H,4H2;2*1H;/q;;;;;+2/p-2. The van der Waals surface area contributed by atoms with Crippen LogP contribution in [0, 0.1) is 13.8 Å². The molecule has 238 valence electrons. The second-order valence-electron chi connectivity index (χ2n) is 14.6. The van der Waals surface area contributed by atoms with Gasteiger partial charge in [-0.05, 0) is 0 Å². The summed E-state index contributed by atoms with van der Waals surface area (Å²) in [5, 5.41) is 0. The SMILES string of the molecule is Cc1cc2c(cc1C(C)(C)C)-c1cc(C(C)(C)C)c(C)cc1[CH]2[Zr+2]([C]1=CC=CC1)=[C](c1ccc(Br)cc1)c1ccc(Br)cc1.[Cl-].[Cl-]. The molecule has 5 heteroatoms. The van der Waals surface area contributed by atoms with Crippen molar-refractivity contribution in [3.63, 3.8) is 0 Å². The van der Waals surface area contributed by atoms with E-state index in [0.717, 1.165) is 15.4 Å². The van der Waals surface area contributed by atoms with Crippen molar-refractivity contribution in [2.75, 3.05) is 0 Å². The summed E-state index contributed by atoms with van der Waals surface area (Å²) in [6, 6.07) is 28.5. The van der Waals surface area contributed by atoms with E-state index in [2.05, 4.69) is 178 Å². The van der Waals surface area contributed by atoms with Crippen LogP contribution in [0.5, 0.6) is 0 Å². The van der Waals surface area contributed by atoms with Gasteiger partial charge in [0, 0.05) is 0 Å². The van der Waals surface area contributed by atoms with Gasteiger partial charge in [0.1, 0.15) is 0 Å². The summed E-state index contributed by atoms with van der Waals surface area (Å²) in [6.07, 6.45) is 8.20. The summed E-state index contributed by atoms with van der Waals surface area (Å²) in [5.41, 5.74) is 14.6. The number of benzene rings is 4. The Balaban J connectivity index is 0.00000240. The van der Waals surface area contributed by atoms with Crippen molar-refractivity contribution >= 4 is 35.1 Å². The quantitative estimate of drug-likeness (QED) is 0.229. The molecule has 0 unspecified atom stereocenters. The first-order valence-corrected chi connectivity index (χ1v) is 21.1. The third kappa shape index (κ3) is 7.16. The molecule has 0 saturated carbocycles. The van der Waals surface area contributed by atoms with Gasteiger partial charge in [-0.3, -0.25) is 0 Å². The molecule has 6 rings (SSSR count). The van der Waals surface area contributed by atoms with Crippen LogP contribution < -0.4 is 24.8 Å². The fourth-order valence-corrected chi connectivity index (χ4v) is 16.8. The van der Waals surface area contributed by atoms with Crippen LogP contribution in [-0.4, -0.2) is 3.21 Å². The second-order valence-corrected chi connectivity index (χ2v) is 22.7. The van der Waals surface area contributed by atoms with Crippen molar-refractivity contribution < 1.29 is 46.1 Å². The normalized spacial score (nSPS) is 13.6. The van der Waals surface area contributed by atoms with E-state index in [-0.39, 0.29) is 35.6 Å². The van der Waals surface area contributed by atoms with Crippen LogP contribution in [0.15, 0.2) is 103 Å². The number of fused-ring (bicyclic) bond motifs is 3. The van der Waals surface area contributed by atoms with Crippen molar-refractivity contribution in [1.29, 1.82) is 0 Å². The van der Waals surface area contributed by atoms with Crippen LogP contribution in [0.1, 0.15) is 96.1 Å². The Morgan fingerprint density at radius 1 is 0.652 bits per heavy atom. The number of aryl methyl sites for hydroxylation is 2. The van der Waals surface area contributed by atoms with Gasteiger partial charge in [0.2, 0.25) is 0 Å². The van der Waals surface area contributed by atoms with Gasteiger partial charge in [0.25, 0.3) is 0 Å². The number of rotatable bonds is 4. The molecule has 0 amide bonds. The monoisotopic (exact) mass is 852 g/mol. The van der Waals surface area contributed by atoms with Gasteiger partial charge < -0.3 is 24.8 Å². The van der Waals surface area contributed by atoms with E-state index in [4.69, 9.17) is 0 Å². The molecule has 0 atom stereocenters. The second kappa shape index (κ2) is 14.3. The molecule has 0 aromatic heterocycles. The first-order chi connectivity index (χ1) is 20.7. The molecule has 0 spiro atoms. The molecule has 2 aliphatic carbocycles. The first-order valence-electron chi connectivity index (χ1n) is 15.7. The molecular weight excluding hydrogens is 814 g/mol. The van der Waals surface area contributed by atoms with E-state index in [1.54, 1.807) is 17.6 Å². The van der Waals surface area contributed by atoms with Crippen LogP contribution in [0.25, 0.3) is 11.1 Å². The molecule has 0 bridgehead atoms. The summed E-state index contributed by atoms with van der Waals surface area (Å²) < 4.78 is 5.90. The zero-order valence-electron chi connectivity index (χ0n) is 28.0. The molecule has 2 aliphatic rings. The number of hydrogen-bond acceptors (Lipinski definition) is 0. The van der Waals surface area contributed by atoms with E-state index in [1.165, 1.54) is 44.5 Å². The zero-order chi connectivity index (χ0) is 31.6. The fraction of sp³-hybridized carbons (Fsp3) is 0.293. The number of hydrogen-bond donors (Lipinski definition) is 0. The third-order valence-corrected chi connectivity index (χ3v) is 18.6. The molecule has 4 aromatic rings. The molecule has 0 radical (unpaired) electrons. The largest absolute Gasteiger partial charge is 1.00 e. The van der Waals surface area contributed by atoms with Gasteiger partial charge in [-0.1, -0.05) is 0 Å². The Morgan fingerprint density at radius 2 is 1.07 bits per heavy atom. The molecular formula is C41H42Br2Cl2Zr. The van der Waals surface area contributed by atoms with Crippen molar-refractivity contribution in [2.45, 2.75) is 76.3 Å². The predicted octanol–water partition coefficient (Wildman–Crippen LogP) is 6.23. The van der Waals surface area contributed by atoms with Crippen molar-refractivity contribution in [2.24, 2.45) is 0 Å². The van der Waals surface area contributed by atoms with Crippen LogP contribution in [-0.2, 0) is 32.1 Å². The minimum atomic E-state index is -2.74. The van der Waals surface area contributed by atoms with Gasteiger partial charge in [0.05, 0.1) is 0 Å². The topological polar surface area (TPSA) is 0 Å².